The molecular weight excluding hydrogens is 314 g/mol. The molecule has 2 heterocycles. The van der Waals surface area contributed by atoms with Crippen molar-refractivity contribution >= 4 is 17.5 Å². The molecule has 7 heteroatoms. The van der Waals surface area contributed by atoms with Crippen LogP contribution in [0.5, 0.6) is 0 Å². The Morgan fingerprint density at radius 1 is 1.39 bits per heavy atom. The predicted octanol–water partition coefficient (Wildman–Crippen LogP) is 1.19. The number of aryl methyl sites for hydroxylation is 1. The highest BCUT2D eigenvalue weighted by Gasteiger charge is 2.43. The molecule has 2 aromatic rings. The third kappa shape index (κ3) is 3.71. The highest BCUT2D eigenvalue weighted by molar-refractivity contribution is 6.30. The van der Waals surface area contributed by atoms with Gasteiger partial charge in [-0.2, -0.15) is 0 Å². The summed E-state index contributed by atoms with van der Waals surface area (Å²) in [5.74, 6) is 0.0861. The lowest BCUT2D eigenvalue weighted by atomic mass is 9.75. The van der Waals surface area contributed by atoms with Gasteiger partial charge in [-0.3, -0.25) is 9.48 Å². The van der Waals surface area contributed by atoms with E-state index >= 15 is 0 Å². The van der Waals surface area contributed by atoms with Gasteiger partial charge in [-0.15, -0.1) is 5.10 Å². The summed E-state index contributed by atoms with van der Waals surface area (Å²) in [4.78, 5) is 12.6. The maximum Gasteiger partial charge on any atom is 0.229 e. The van der Waals surface area contributed by atoms with E-state index in [1.165, 1.54) is 0 Å². The molecule has 23 heavy (non-hydrogen) atoms. The molecule has 0 spiro atoms. The summed E-state index contributed by atoms with van der Waals surface area (Å²) in [6, 6.07) is 7.69. The minimum atomic E-state index is -0.369. The van der Waals surface area contributed by atoms with Crippen molar-refractivity contribution in [2.24, 2.45) is 5.41 Å². The molecule has 3 rings (SSSR count). The van der Waals surface area contributed by atoms with Gasteiger partial charge in [-0.05, 0) is 31.0 Å². The molecule has 1 aromatic heterocycles. The van der Waals surface area contributed by atoms with Crippen molar-refractivity contribution in [3.8, 4) is 0 Å². The van der Waals surface area contributed by atoms with Crippen LogP contribution >= 0.6 is 11.6 Å². The average molecular weight is 334 g/mol. The van der Waals surface area contributed by atoms with Crippen LogP contribution in [0.2, 0.25) is 5.02 Å². The van der Waals surface area contributed by atoms with Crippen molar-refractivity contribution in [1.82, 2.24) is 25.6 Å². The van der Waals surface area contributed by atoms with Crippen molar-refractivity contribution in [3.63, 3.8) is 0 Å². The highest BCUT2D eigenvalue weighted by atomic mass is 35.5. The van der Waals surface area contributed by atoms with E-state index in [1.807, 2.05) is 37.4 Å². The Bertz CT molecular complexity index is 678. The van der Waals surface area contributed by atoms with Crippen LogP contribution in [0.15, 0.2) is 30.5 Å². The summed E-state index contributed by atoms with van der Waals surface area (Å²) in [5, 5.41) is 14.9. The van der Waals surface area contributed by atoms with Gasteiger partial charge < -0.3 is 10.6 Å². The van der Waals surface area contributed by atoms with Crippen LogP contribution in [0, 0.1) is 12.3 Å². The summed E-state index contributed by atoms with van der Waals surface area (Å²) in [6.07, 6.45) is 2.58. The standard InChI is InChI=1S/C16H20ClN5O/c1-12-9-22(21-20-12)7-6-19-15(23)16(10-18-11-16)8-13-2-4-14(17)5-3-13/h2-5,9,18H,6-8,10-11H2,1H3,(H,19,23). The maximum atomic E-state index is 12.6. The third-order valence-corrected chi connectivity index (χ3v) is 4.40. The fraction of sp³-hybridized carbons (Fsp3) is 0.438. The number of amides is 1. The van der Waals surface area contributed by atoms with Crippen LogP contribution in [0.1, 0.15) is 11.3 Å². The van der Waals surface area contributed by atoms with Crippen LogP contribution in [0.3, 0.4) is 0 Å². The van der Waals surface area contributed by atoms with E-state index in [2.05, 4.69) is 20.9 Å². The Morgan fingerprint density at radius 3 is 2.70 bits per heavy atom. The molecule has 0 bridgehead atoms. The number of carbonyl (C=O) groups is 1. The number of benzene rings is 1. The first-order chi connectivity index (χ1) is 11.1. The number of carbonyl (C=O) groups excluding carboxylic acids is 1. The molecule has 1 fully saturated rings. The van der Waals surface area contributed by atoms with Crippen LogP contribution in [0.25, 0.3) is 0 Å². The van der Waals surface area contributed by atoms with Gasteiger partial charge in [0.05, 0.1) is 17.7 Å². The van der Waals surface area contributed by atoms with Gasteiger partial charge in [-0.1, -0.05) is 28.9 Å². The van der Waals surface area contributed by atoms with E-state index in [9.17, 15) is 4.79 Å². The van der Waals surface area contributed by atoms with Crippen molar-refractivity contribution in [3.05, 3.63) is 46.7 Å². The number of halogens is 1. The summed E-state index contributed by atoms with van der Waals surface area (Å²) >= 11 is 5.92. The molecule has 6 nitrogen and oxygen atoms in total. The molecule has 1 aromatic carbocycles. The SMILES string of the molecule is Cc1cn(CCNC(=O)C2(Cc3ccc(Cl)cc3)CNC2)nn1. The van der Waals surface area contributed by atoms with Crippen molar-refractivity contribution in [2.75, 3.05) is 19.6 Å². The quantitative estimate of drug-likeness (QED) is 0.833. The molecular formula is C16H20ClN5O. The van der Waals surface area contributed by atoms with Crippen LogP contribution < -0.4 is 10.6 Å². The molecule has 0 radical (unpaired) electrons. The molecule has 0 unspecified atom stereocenters. The number of hydrogen-bond acceptors (Lipinski definition) is 4. The van der Waals surface area contributed by atoms with E-state index in [0.29, 0.717) is 37.6 Å². The first kappa shape index (κ1) is 16.0. The van der Waals surface area contributed by atoms with E-state index in [-0.39, 0.29) is 11.3 Å². The number of hydrogen-bond donors (Lipinski definition) is 2. The number of aromatic nitrogens is 3. The Morgan fingerprint density at radius 2 is 2.13 bits per heavy atom. The van der Waals surface area contributed by atoms with E-state index in [1.54, 1.807) is 4.68 Å². The molecule has 0 saturated carbocycles. The summed E-state index contributed by atoms with van der Waals surface area (Å²) in [7, 11) is 0. The molecule has 1 aliphatic rings. The Labute approximate surface area is 140 Å². The minimum absolute atomic E-state index is 0.0861. The second-order valence-electron chi connectivity index (χ2n) is 6.07. The second kappa shape index (κ2) is 6.68. The van der Waals surface area contributed by atoms with E-state index in [4.69, 9.17) is 11.6 Å². The van der Waals surface area contributed by atoms with Crippen LogP contribution in [0.4, 0.5) is 0 Å². The fourth-order valence-electron chi connectivity index (χ4n) is 2.76. The Hall–Kier alpha value is -1.92. The maximum absolute atomic E-state index is 12.6. The molecule has 1 amide bonds. The van der Waals surface area contributed by atoms with Crippen molar-refractivity contribution in [1.29, 1.82) is 0 Å². The first-order valence-corrected chi connectivity index (χ1v) is 8.05. The molecule has 122 valence electrons. The molecule has 0 atom stereocenters. The zero-order valence-corrected chi connectivity index (χ0v) is 13.8. The Balaban J connectivity index is 1.56. The normalized spacial score (nSPS) is 15.9. The van der Waals surface area contributed by atoms with Gasteiger partial charge in [0.2, 0.25) is 5.91 Å². The van der Waals surface area contributed by atoms with Crippen LogP contribution in [-0.2, 0) is 17.8 Å². The number of rotatable bonds is 6. The molecule has 2 N–H and O–H groups in total. The summed E-state index contributed by atoms with van der Waals surface area (Å²) in [6.45, 7) is 4.46. The minimum Gasteiger partial charge on any atom is -0.354 e. The van der Waals surface area contributed by atoms with Gasteiger partial charge in [0.15, 0.2) is 0 Å². The van der Waals surface area contributed by atoms with Gasteiger partial charge in [0.1, 0.15) is 0 Å². The zero-order valence-electron chi connectivity index (χ0n) is 13.1. The zero-order chi connectivity index (χ0) is 16.3. The number of nitrogens with zero attached hydrogens (tertiary/aromatic N) is 3. The molecule has 1 aliphatic heterocycles. The first-order valence-electron chi connectivity index (χ1n) is 7.68. The van der Waals surface area contributed by atoms with Gasteiger partial charge in [-0.25, -0.2) is 0 Å². The lowest BCUT2D eigenvalue weighted by Crippen LogP contribution is -2.62. The second-order valence-corrected chi connectivity index (χ2v) is 6.50. The third-order valence-electron chi connectivity index (χ3n) is 4.14. The molecule has 1 saturated heterocycles. The molecule has 0 aliphatic carbocycles. The summed E-state index contributed by atoms with van der Waals surface area (Å²) in [5.41, 5.74) is 1.63. The van der Waals surface area contributed by atoms with Gasteiger partial charge in [0, 0.05) is 30.9 Å². The lowest BCUT2D eigenvalue weighted by molar-refractivity contribution is -0.133. The average Bonchev–Trinajstić information content (AvgIpc) is 2.90. The van der Waals surface area contributed by atoms with Gasteiger partial charge >= 0.3 is 0 Å². The van der Waals surface area contributed by atoms with Crippen LogP contribution in [-0.4, -0.2) is 40.5 Å². The number of nitrogens with one attached hydrogen (secondary N) is 2. The fourth-order valence-corrected chi connectivity index (χ4v) is 2.89. The van der Waals surface area contributed by atoms with Crippen molar-refractivity contribution < 1.29 is 4.79 Å². The van der Waals surface area contributed by atoms with E-state index < -0.39 is 0 Å². The lowest BCUT2D eigenvalue weighted by Gasteiger charge is -2.41. The topological polar surface area (TPSA) is 71.8 Å². The summed E-state index contributed by atoms with van der Waals surface area (Å²) < 4.78 is 1.74. The smallest absolute Gasteiger partial charge is 0.229 e. The Kier molecular flexibility index (Phi) is 4.63. The van der Waals surface area contributed by atoms with E-state index in [0.717, 1.165) is 11.3 Å². The van der Waals surface area contributed by atoms with Crippen molar-refractivity contribution in [2.45, 2.75) is 19.9 Å². The van der Waals surface area contributed by atoms with Gasteiger partial charge in [0.25, 0.3) is 0 Å². The monoisotopic (exact) mass is 333 g/mol. The predicted molar refractivity (Wildman–Crippen MR) is 88.2 cm³/mol. The highest BCUT2D eigenvalue weighted by Crippen LogP contribution is 2.28. The largest absolute Gasteiger partial charge is 0.354 e.